The summed E-state index contributed by atoms with van der Waals surface area (Å²) in [6.45, 7) is 5.48. The lowest BCUT2D eigenvalue weighted by molar-refractivity contribution is -0.210. The van der Waals surface area contributed by atoms with Crippen LogP contribution in [0.2, 0.25) is 0 Å². The maximum absolute atomic E-state index is 14.0. The van der Waals surface area contributed by atoms with E-state index in [0.717, 1.165) is 28.8 Å². The normalized spacial score (nSPS) is 16.2. The lowest BCUT2D eigenvalue weighted by atomic mass is 10.1. The number of halogens is 4. The first-order valence-corrected chi connectivity index (χ1v) is 13.3. The molecule has 1 N–H and O–H groups in total. The number of aromatic nitrogens is 4. The van der Waals surface area contributed by atoms with Gasteiger partial charge in [0.1, 0.15) is 5.82 Å². The summed E-state index contributed by atoms with van der Waals surface area (Å²) in [5, 5.41) is 3.30. The fourth-order valence-electron chi connectivity index (χ4n) is 5.37. The summed E-state index contributed by atoms with van der Waals surface area (Å²) in [6.07, 6.45) is -6.14. The molecule has 1 atom stereocenters. The third-order valence-corrected chi connectivity index (χ3v) is 7.38. The van der Waals surface area contributed by atoms with Gasteiger partial charge in [-0.1, -0.05) is 26.0 Å². The number of esters is 1. The molecule has 0 spiro atoms. The van der Waals surface area contributed by atoms with E-state index in [1.807, 2.05) is 4.90 Å². The van der Waals surface area contributed by atoms with E-state index in [2.05, 4.69) is 5.32 Å². The van der Waals surface area contributed by atoms with Crippen molar-refractivity contribution in [1.82, 2.24) is 24.0 Å². The SMILES string of the molecule is CC(C)CC(OC(=O)C(F)(F)F)n1c(=O)c2c(nc(N3CCC4=C3CNC4)n2CCc2ccc(F)cc2)n(C)c1=O. The van der Waals surface area contributed by atoms with Gasteiger partial charge in [-0.3, -0.25) is 9.36 Å². The zero-order valence-electron chi connectivity index (χ0n) is 22.8. The number of hydrogen-bond acceptors (Lipinski definition) is 7. The molecule has 220 valence electrons. The van der Waals surface area contributed by atoms with Gasteiger partial charge < -0.3 is 19.5 Å². The van der Waals surface area contributed by atoms with Crippen molar-refractivity contribution in [1.29, 1.82) is 0 Å². The average Bonchev–Trinajstić information content (AvgIpc) is 3.61. The van der Waals surface area contributed by atoms with Crippen molar-refractivity contribution in [3.63, 3.8) is 0 Å². The summed E-state index contributed by atoms with van der Waals surface area (Å²) in [5.41, 5.74) is 1.18. The number of anilines is 1. The van der Waals surface area contributed by atoms with Crippen molar-refractivity contribution in [3.05, 3.63) is 67.8 Å². The smallest absolute Gasteiger partial charge is 0.434 e. The second kappa shape index (κ2) is 10.8. The Kier molecular flexibility index (Phi) is 7.53. The molecule has 3 aromatic rings. The highest BCUT2D eigenvalue weighted by molar-refractivity contribution is 5.76. The number of alkyl halides is 3. The number of nitrogens with zero attached hydrogens (tertiary/aromatic N) is 5. The summed E-state index contributed by atoms with van der Waals surface area (Å²) in [6, 6.07) is 5.89. The van der Waals surface area contributed by atoms with Crippen molar-refractivity contribution in [2.45, 2.75) is 52.1 Å². The van der Waals surface area contributed by atoms with Crippen LogP contribution in [0.1, 0.15) is 38.5 Å². The Morgan fingerprint density at radius 1 is 1.15 bits per heavy atom. The molecular formula is C27H30F4N6O4. The summed E-state index contributed by atoms with van der Waals surface area (Å²) < 4.78 is 60.9. The number of nitrogens with one attached hydrogen (secondary N) is 1. The summed E-state index contributed by atoms with van der Waals surface area (Å²) in [7, 11) is 1.37. The Morgan fingerprint density at radius 3 is 2.51 bits per heavy atom. The standard InChI is InChI=1S/C27H30F4N6O4/c1-15(2)12-20(41-24(39)27(29,30)31)37-23(38)21-22(34(3)26(37)40)33-25(35-11-9-17-13-32-14-19(17)35)36(21)10-8-16-4-6-18(28)7-5-16/h4-7,15,20,32H,8-14H2,1-3H3. The van der Waals surface area contributed by atoms with E-state index < -0.39 is 35.4 Å². The molecule has 1 aromatic carbocycles. The highest BCUT2D eigenvalue weighted by Gasteiger charge is 2.43. The van der Waals surface area contributed by atoms with Gasteiger partial charge in [-0.15, -0.1) is 0 Å². The van der Waals surface area contributed by atoms with Crippen molar-refractivity contribution in [3.8, 4) is 0 Å². The molecule has 10 nitrogen and oxygen atoms in total. The maximum Gasteiger partial charge on any atom is 0.491 e. The predicted octanol–water partition coefficient (Wildman–Crippen LogP) is 3.00. The molecule has 0 saturated heterocycles. The Balaban J connectivity index is 1.69. The quantitative estimate of drug-likeness (QED) is 0.324. The van der Waals surface area contributed by atoms with Gasteiger partial charge in [0.25, 0.3) is 5.56 Å². The Labute approximate surface area is 231 Å². The molecule has 2 aliphatic rings. The van der Waals surface area contributed by atoms with Gasteiger partial charge in [-0.2, -0.15) is 18.2 Å². The summed E-state index contributed by atoms with van der Waals surface area (Å²) in [5.74, 6) is -2.80. The number of ether oxygens (including phenoxy) is 1. The van der Waals surface area contributed by atoms with E-state index in [1.54, 1.807) is 30.5 Å². The average molecular weight is 579 g/mol. The number of rotatable bonds is 8. The molecule has 5 rings (SSSR count). The van der Waals surface area contributed by atoms with Crippen LogP contribution in [0.3, 0.4) is 0 Å². The zero-order chi connectivity index (χ0) is 29.6. The number of hydrogen-bond donors (Lipinski definition) is 1. The minimum Gasteiger partial charge on any atom is -0.434 e. The first kappa shape index (κ1) is 28.6. The van der Waals surface area contributed by atoms with Crippen LogP contribution in [-0.2, 0) is 29.5 Å². The molecule has 0 bridgehead atoms. The lowest BCUT2D eigenvalue weighted by Crippen LogP contribution is -2.44. The van der Waals surface area contributed by atoms with Gasteiger partial charge in [0.15, 0.2) is 17.4 Å². The third kappa shape index (κ3) is 5.39. The van der Waals surface area contributed by atoms with Crippen LogP contribution in [0.25, 0.3) is 11.2 Å². The van der Waals surface area contributed by atoms with E-state index >= 15 is 0 Å². The molecule has 0 amide bonds. The molecule has 14 heteroatoms. The van der Waals surface area contributed by atoms with Crippen LogP contribution in [0.15, 0.2) is 45.1 Å². The second-order valence-corrected chi connectivity index (χ2v) is 10.7. The Hall–Kier alpha value is -3.94. The number of imidazole rings is 1. The number of fused-ring (bicyclic) bond motifs is 1. The van der Waals surface area contributed by atoms with E-state index in [-0.39, 0.29) is 30.0 Å². The van der Waals surface area contributed by atoms with E-state index in [9.17, 15) is 31.9 Å². The minimum absolute atomic E-state index is 0.0129. The monoisotopic (exact) mass is 578 g/mol. The Bertz CT molecular complexity index is 1630. The predicted molar refractivity (Wildman–Crippen MR) is 142 cm³/mol. The van der Waals surface area contributed by atoms with Crippen LogP contribution in [0.4, 0.5) is 23.5 Å². The fourth-order valence-corrected chi connectivity index (χ4v) is 5.37. The van der Waals surface area contributed by atoms with Gasteiger partial charge in [0.05, 0.1) is 0 Å². The third-order valence-electron chi connectivity index (χ3n) is 7.38. The zero-order valence-corrected chi connectivity index (χ0v) is 22.8. The van der Waals surface area contributed by atoms with E-state index in [0.29, 0.717) is 30.0 Å². The van der Waals surface area contributed by atoms with E-state index in [1.165, 1.54) is 24.8 Å². The van der Waals surface area contributed by atoms with Gasteiger partial charge in [0, 0.05) is 45.3 Å². The molecule has 0 radical (unpaired) electrons. The molecular weight excluding hydrogens is 548 g/mol. The lowest BCUT2D eigenvalue weighted by Gasteiger charge is -2.23. The van der Waals surface area contributed by atoms with Crippen molar-refractivity contribution in [2.24, 2.45) is 13.0 Å². The van der Waals surface area contributed by atoms with Crippen molar-refractivity contribution in [2.75, 3.05) is 24.5 Å². The molecule has 0 aliphatic carbocycles. The summed E-state index contributed by atoms with van der Waals surface area (Å²) in [4.78, 5) is 45.9. The van der Waals surface area contributed by atoms with Crippen molar-refractivity contribution >= 4 is 23.1 Å². The summed E-state index contributed by atoms with van der Waals surface area (Å²) >= 11 is 0. The fraction of sp³-hybridized carbons (Fsp3) is 0.481. The molecule has 4 heterocycles. The molecule has 0 saturated carbocycles. The molecule has 41 heavy (non-hydrogen) atoms. The van der Waals surface area contributed by atoms with Crippen LogP contribution in [0.5, 0.6) is 0 Å². The maximum atomic E-state index is 14.0. The number of benzene rings is 1. The van der Waals surface area contributed by atoms with Gasteiger partial charge in [0.2, 0.25) is 5.95 Å². The molecule has 1 unspecified atom stereocenters. The van der Waals surface area contributed by atoms with Gasteiger partial charge in [-0.05, 0) is 42.0 Å². The van der Waals surface area contributed by atoms with Crippen LogP contribution in [0, 0.1) is 11.7 Å². The molecule has 0 fully saturated rings. The van der Waals surface area contributed by atoms with Gasteiger partial charge >= 0.3 is 17.8 Å². The van der Waals surface area contributed by atoms with Crippen LogP contribution in [-0.4, -0.2) is 50.5 Å². The molecule has 2 aromatic heterocycles. The largest absolute Gasteiger partial charge is 0.491 e. The Morgan fingerprint density at radius 2 is 1.85 bits per heavy atom. The van der Waals surface area contributed by atoms with Crippen LogP contribution >= 0.6 is 0 Å². The topological polar surface area (TPSA) is 103 Å². The first-order valence-electron chi connectivity index (χ1n) is 13.3. The van der Waals surface area contributed by atoms with Gasteiger partial charge in [-0.25, -0.2) is 18.5 Å². The number of carbonyl (C=O) groups is 1. The van der Waals surface area contributed by atoms with Crippen LogP contribution < -0.4 is 21.5 Å². The van der Waals surface area contributed by atoms with Crippen molar-refractivity contribution < 1.29 is 27.1 Å². The minimum atomic E-state index is -5.31. The highest BCUT2D eigenvalue weighted by atomic mass is 19.4. The number of aryl methyl sites for hydroxylation is 3. The highest BCUT2D eigenvalue weighted by Crippen LogP contribution is 2.32. The first-order chi connectivity index (χ1) is 19.4. The van der Waals surface area contributed by atoms with E-state index in [4.69, 9.17) is 9.72 Å². The molecule has 2 aliphatic heterocycles. The number of carbonyl (C=O) groups excluding carboxylic acids is 1. The second-order valence-electron chi connectivity index (χ2n) is 10.7.